The number of alkyl halides is 1. The summed E-state index contributed by atoms with van der Waals surface area (Å²) in [4.78, 5) is 0. The summed E-state index contributed by atoms with van der Waals surface area (Å²) >= 11 is 12.4. The smallest absolute Gasteiger partial charge is 0.188 e. The van der Waals surface area contributed by atoms with Crippen molar-refractivity contribution < 1.29 is 4.74 Å². The lowest BCUT2D eigenvalue weighted by atomic mass is 9.89. The van der Waals surface area contributed by atoms with E-state index in [1.165, 1.54) is 50.5 Å². The molecule has 0 spiro atoms. The molecule has 2 nitrogen and oxygen atoms in total. The molecule has 0 bridgehead atoms. The maximum Gasteiger partial charge on any atom is 0.188 e. The van der Waals surface area contributed by atoms with Crippen LogP contribution < -0.4 is 0 Å². The van der Waals surface area contributed by atoms with Crippen LogP contribution in [0.15, 0.2) is 18.2 Å². The summed E-state index contributed by atoms with van der Waals surface area (Å²) in [5.74, 6) is 1.76. The summed E-state index contributed by atoms with van der Waals surface area (Å²) < 4.78 is 5.50. The highest BCUT2D eigenvalue weighted by molar-refractivity contribution is 6.31. The van der Waals surface area contributed by atoms with Gasteiger partial charge in [0.15, 0.2) is 5.90 Å². The molecule has 0 heterocycles. The first-order chi connectivity index (χ1) is 12.7. The lowest BCUT2D eigenvalue weighted by molar-refractivity contribution is 0.305. The number of ether oxygens (including phenoxy) is 1. The third-order valence-corrected chi connectivity index (χ3v) is 6.15. The molecule has 1 fully saturated rings. The van der Waals surface area contributed by atoms with Crippen molar-refractivity contribution in [1.82, 2.24) is 0 Å². The minimum atomic E-state index is -0.0254. The average molecular weight is 398 g/mol. The number of aryl methyl sites for hydroxylation is 1. The van der Waals surface area contributed by atoms with Gasteiger partial charge in [0.25, 0.3) is 0 Å². The van der Waals surface area contributed by atoms with Gasteiger partial charge in [0, 0.05) is 10.9 Å². The van der Waals surface area contributed by atoms with E-state index >= 15 is 0 Å². The van der Waals surface area contributed by atoms with Crippen LogP contribution in [0.2, 0.25) is 5.02 Å². The number of benzene rings is 1. The first kappa shape index (κ1) is 21.6. The van der Waals surface area contributed by atoms with E-state index in [2.05, 4.69) is 6.07 Å². The van der Waals surface area contributed by atoms with Crippen molar-refractivity contribution in [2.75, 3.05) is 12.5 Å². The number of rotatable bonds is 9. The molecule has 26 heavy (non-hydrogen) atoms. The zero-order chi connectivity index (χ0) is 18.8. The third kappa shape index (κ3) is 6.78. The molecule has 1 aromatic carbocycles. The molecule has 1 saturated carbocycles. The van der Waals surface area contributed by atoms with Gasteiger partial charge in [0.1, 0.15) is 0 Å². The Kier molecular flexibility index (Phi) is 9.85. The number of hydrogen-bond donors (Lipinski definition) is 1. The number of nitrogens with one attached hydrogen (secondary N) is 1. The van der Waals surface area contributed by atoms with Crippen LogP contribution in [0.25, 0.3) is 0 Å². The Morgan fingerprint density at radius 1 is 1.23 bits per heavy atom. The van der Waals surface area contributed by atoms with Gasteiger partial charge in [0.2, 0.25) is 0 Å². The van der Waals surface area contributed by atoms with Crippen molar-refractivity contribution >= 4 is 29.1 Å². The van der Waals surface area contributed by atoms with Gasteiger partial charge in [-0.3, -0.25) is 5.41 Å². The van der Waals surface area contributed by atoms with Crippen LogP contribution in [-0.2, 0) is 11.2 Å². The Hall–Kier alpha value is -0.730. The van der Waals surface area contributed by atoms with Crippen LogP contribution in [0.1, 0.15) is 81.8 Å². The van der Waals surface area contributed by atoms with Gasteiger partial charge in [-0.25, -0.2) is 0 Å². The second-order valence-corrected chi connectivity index (χ2v) is 8.21. The van der Waals surface area contributed by atoms with Crippen molar-refractivity contribution in [2.24, 2.45) is 5.92 Å². The van der Waals surface area contributed by atoms with Crippen LogP contribution in [0.5, 0.6) is 0 Å². The topological polar surface area (TPSA) is 33.1 Å². The molecule has 0 saturated heterocycles. The van der Waals surface area contributed by atoms with Gasteiger partial charge in [-0.05, 0) is 55.7 Å². The molecular weight excluding hydrogens is 365 g/mol. The van der Waals surface area contributed by atoms with Crippen molar-refractivity contribution in [3.05, 3.63) is 34.3 Å². The standard InChI is InChI=1S/C22H33Cl2NO/c1-2-26-22(25)20(10-7-15-23)18-13-14-21(24)19(16-18)12-11-17-8-5-3-4-6-9-17/h13-14,16-17,20,25H,2-12,15H2,1H3. The fraction of sp³-hybridized carbons (Fsp3) is 0.682. The van der Waals surface area contributed by atoms with Crippen LogP contribution in [0.3, 0.4) is 0 Å². The van der Waals surface area contributed by atoms with Crippen LogP contribution in [0.4, 0.5) is 0 Å². The molecule has 0 aliphatic heterocycles. The number of halogens is 2. The molecule has 146 valence electrons. The molecule has 1 unspecified atom stereocenters. The lowest BCUT2D eigenvalue weighted by Gasteiger charge is -2.20. The van der Waals surface area contributed by atoms with Gasteiger partial charge in [-0.2, -0.15) is 0 Å². The van der Waals surface area contributed by atoms with Gasteiger partial charge >= 0.3 is 0 Å². The highest BCUT2D eigenvalue weighted by Gasteiger charge is 2.20. The SMILES string of the molecule is CCOC(=N)C(CCCCl)c1ccc(Cl)c(CCC2CCCCCC2)c1. The van der Waals surface area contributed by atoms with E-state index in [-0.39, 0.29) is 5.92 Å². The van der Waals surface area contributed by atoms with Crippen LogP contribution in [0, 0.1) is 11.3 Å². The normalized spacial score (nSPS) is 16.9. The highest BCUT2D eigenvalue weighted by atomic mass is 35.5. The van der Waals surface area contributed by atoms with Crippen LogP contribution in [-0.4, -0.2) is 18.4 Å². The largest absolute Gasteiger partial charge is 0.481 e. The molecule has 1 aliphatic carbocycles. The predicted molar refractivity (Wildman–Crippen MR) is 113 cm³/mol. The molecule has 0 aromatic heterocycles. The molecule has 0 radical (unpaired) electrons. The Bertz CT molecular complexity index is 553. The monoisotopic (exact) mass is 397 g/mol. The van der Waals surface area contributed by atoms with E-state index in [1.807, 2.05) is 19.1 Å². The van der Waals surface area contributed by atoms with Gasteiger partial charge in [-0.1, -0.05) is 62.3 Å². The average Bonchev–Trinajstić information content (AvgIpc) is 2.91. The summed E-state index contributed by atoms with van der Waals surface area (Å²) in [5, 5.41) is 9.12. The third-order valence-electron chi connectivity index (χ3n) is 5.51. The first-order valence-electron chi connectivity index (χ1n) is 10.2. The zero-order valence-corrected chi connectivity index (χ0v) is 17.5. The highest BCUT2D eigenvalue weighted by Crippen LogP contribution is 2.31. The maximum atomic E-state index is 8.27. The minimum Gasteiger partial charge on any atom is -0.481 e. The maximum absolute atomic E-state index is 8.27. The molecule has 1 atom stereocenters. The second-order valence-electron chi connectivity index (χ2n) is 7.43. The van der Waals surface area contributed by atoms with Crippen molar-refractivity contribution in [2.45, 2.75) is 77.0 Å². The Labute approximate surface area is 169 Å². The predicted octanol–water partition coefficient (Wildman–Crippen LogP) is 7.36. The van der Waals surface area contributed by atoms with Gasteiger partial charge in [-0.15, -0.1) is 11.6 Å². The fourth-order valence-corrected chi connectivity index (χ4v) is 4.37. The van der Waals surface area contributed by atoms with Crippen molar-refractivity contribution in [3.8, 4) is 0 Å². The van der Waals surface area contributed by atoms with E-state index in [9.17, 15) is 0 Å². The summed E-state index contributed by atoms with van der Waals surface area (Å²) in [6, 6.07) is 6.24. The molecule has 0 amide bonds. The fourth-order valence-electron chi connectivity index (χ4n) is 4.00. The Balaban J connectivity index is 2.08. The summed E-state index contributed by atoms with van der Waals surface area (Å²) in [6.45, 7) is 2.45. The second kappa shape index (κ2) is 11.9. The molecule has 4 heteroatoms. The summed E-state index contributed by atoms with van der Waals surface area (Å²) in [6.07, 6.45) is 12.3. The molecule has 1 N–H and O–H groups in total. The van der Waals surface area contributed by atoms with E-state index in [4.69, 9.17) is 33.3 Å². The lowest BCUT2D eigenvalue weighted by Crippen LogP contribution is -2.16. The zero-order valence-electron chi connectivity index (χ0n) is 16.0. The van der Waals surface area contributed by atoms with E-state index in [0.717, 1.165) is 35.8 Å². The van der Waals surface area contributed by atoms with E-state index < -0.39 is 0 Å². The van der Waals surface area contributed by atoms with Gasteiger partial charge < -0.3 is 4.74 Å². The quantitative estimate of drug-likeness (QED) is 0.200. The summed E-state index contributed by atoms with van der Waals surface area (Å²) in [7, 11) is 0. The molecule has 1 aliphatic rings. The molecule has 2 rings (SSSR count). The van der Waals surface area contributed by atoms with Crippen LogP contribution >= 0.6 is 23.2 Å². The number of hydrogen-bond acceptors (Lipinski definition) is 2. The Morgan fingerprint density at radius 3 is 2.62 bits per heavy atom. The molecule has 1 aromatic rings. The minimum absolute atomic E-state index is 0.0254. The molecular formula is C22H33Cl2NO. The Morgan fingerprint density at radius 2 is 1.96 bits per heavy atom. The summed E-state index contributed by atoms with van der Waals surface area (Å²) in [5.41, 5.74) is 2.35. The van der Waals surface area contributed by atoms with Gasteiger partial charge in [0.05, 0.1) is 12.5 Å². The van der Waals surface area contributed by atoms with E-state index in [0.29, 0.717) is 18.4 Å². The first-order valence-corrected chi connectivity index (χ1v) is 11.1. The van der Waals surface area contributed by atoms with Crippen molar-refractivity contribution in [1.29, 1.82) is 5.41 Å². The van der Waals surface area contributed by atoms with E-state index in [1.54, 1.807) is 0 Å². The van der Waals surface area contributed by atoms with Crippen molar-refractivity contribution in [3.63, 3.8) is 0 Å².